The van der Waals surface area contributed by atoms with Gasteiger partial charge in [0.1, 0.15) is 5.82 Å². The van der Waals surface area contributed by atoms with Crippen molar-refractivity contribution in [3.63, 3.8) is 0 Å². The minimum absolute atomic E-state index is 0.0553. The summed E-state index contributed by atoms with van der Waals surface area (Å²) in [5, 5.41) is 0. The lowest BCUT2D eigenvalue weighted by molar-refractivity contribution is 0.595. The van der Waals surface area contributed by atoms with Gasteiger partial charge in [0.05, 0.1) is 21.2 Å². The molecule has 0 unspecified atom stereocenters. The number of hydrogen-bond donors (Lipinski definition) is 1. The molecule has 0 aliphatic carbocycles. The summed E-state index contributed by atoms with van der Waals surface area (Å²) < 4.78 is 63.0. The summed E-state index contributed by atoms with van der Waals surface area (Å²) in [7, 11) is -7.30. The maximum absolute atomic E-state index is 13.1. The Balaban J connectivity index is 2.31. The largest absolute Gasteiger partial charge is 0.280 e. The van der Waals surface area contributed by atoms with Crippen LogP contribution in [0.4, 0.5) is 10.1 Å². The first-order valence-corrected chi connectivity index (χ1v) is 9.49. The van der Waals surface area contributed by atoms with Crippen molar-refractivity contribution in [1.82, 2.24) is 0 Å². The van der Waals surface area contributed by atoms with Crippen LogP contribution in [0.3, 0.4) is 0 Å². The van der Waals surface area contributed by atoms with Crippen molar-refractivity contribution in [2.24, 2.45) is 0 Å². The first-order chi connectivity index (χ1) is 10.2. The summed E-state index contributed by atoms with van der Waals surface area (Å²) in [6.45, 7) is 1.51. The van der Waals surface area contributed by atoms with Crippen molar-refractivity contribution in [2.75, 3.05) is 10.5 Å². The van der Waals surface area contributed by atoms with Crippen molar-refractivity contribution < 1.29 is 21.2 Å². The lowest BCUT2D eigenvalue weighted by Gasteiger charge is -2.09. The molecule has 118 valence electrons. The minimum atomic E-state index is -3.91. The second kappa shape index (κ2) is 6.05. The first-order valence-electron chi connectivity index (χ1n) is 6.36. The number of rotatable bonds is 5. The summed E-state index contributed by atoms with van der Waals surface area (Å²) in [5.41, 5.74) is 0.0882. The standard InChI is InChI=1S/C14H14FNO4S2/c1-2-21(17,18)13-6-8-14(9-7-13)22(19,20)16-12-5-3-4-11(15)10-12/h3-10,16H,2H2,1H3. The first kappa shape index (κ1) is 16.4. The van der Waals surface area contributed by atoms with Crippen LogP contribution < -0.4 is 4.72 Å². The molecule has 0 radical (unpaired) electrons. The Labute approximate surface area is 128 Å². The van der Waals surface area contributed by atoms with E-state index in [0.29, 0.717) is 0 Å². The number of sulfone groups is 1. The maximum atomic E-state index is 13.1. The SMILES string of the molecule is CCS(=O)(=O)c1ccc(S(=O)(=O)Nc2cccc(F)c2)cc1. The van der Waals surface area contributed by atoms with Crippen molar-refractivity contribution in [3.05, 3.63) is 54.3 Å². The summed E-state index contributed by atoms with van der Waals surface area (Å²) in [6.07, 6.45) is 0. The van der Waals surface area contributed by atoms with Gasteiger partial charge in [0.25, 0.3) is 10.0 Å². The Morgan fingerprint density at radius 3 is 2.09 bits per heavy atom. The molecular weight excluding hydrogens is 329 g/mol. The number of benzene rings is 2. The van der Waals surface area contributed by atoms with E-state index in [9.17, 15) is 21.2 Å². The average Bonchev–Trinajstić information content (AvgIpc) is 2.47. The highest BCUT2D eigenvalue weighted by Crippen LogP contribution is 2.19. The molecule has 2 aromatic rings. The van der Waals surface area contributed by atoms with Gasteiger partial charge in [-0.15, -0.1) is 0 Å². The molecule has 22 heavy (non-hydrogen) atoms. The van der Waals surface area contributed by atoms with E-state index in [-0.39, 0.29) is 21.2 Å². The Morgan fingerprint density at radius 2 is 1.55 bits per heavy atom. The third-order valence-electron chi connectivity index (χ3n) is 2.95. The molecule has 2 rings (SSSR count). The number of halogens is 1. The van der Waals surface area contributed by atoms with Crippen LogP contribution in [0.5, 0.6) is 0 Å². The zero-order valence-electron chi connectivity index (χ0n) is 11.7. The van der Waals surface area contributed by atoms with Gasteiger partial charge in [-0.05, 0) is 42.5 Å². The normalized spacial score (nSPS) is 12.1. The van der Waals surface area contributed by atoms with Gasteiger partial charge in [-0.25, -0.2) is 21.2 Å². The predicted molar refractivity (Wildman–Crippen MR) is 81.4 cm³/mol. The molecule has 0 heterocycles. The quantitative estimate of drug-likeness (QED) is 0.904. The Kier molecular flexibility index (Phi) is 4.52. The second-order valence-electron chi connectivity index (χ2n) is 4.49. The Bertz CT molecular complexity index is 875. The topological polar surface area (TPSA) is 80.3 Å². The number of hydrogen-bond acceptors (Lipinski definition) is 4. The fourth-order valence-electron chi connectivity index (χ4n) is 1.76. The van der Waals surface area contributed by atoms with E-state index in [1.54, 1.807) is 0 Å². The maximum Gasteiger partial charge on any atom is 0.261 e. The van der Waals surface area contributed by atoms with Gasteiger partial charge >= 0.3 is 0 Å². The molecule has 0 saturated carbocycles. The van der Waals surface area contributed by atoms with Crippen LogP contribution in [-0.2, 0) is 19.9 Å². The van der Waals surface area contributed by atoms with Crippen LogP contribution in [-0.4, -0.2) is 22.6 Å². The van der Waals surface area contributed by atoms with E-state index in [1.807, 2.05) is 0 Å². The molecule has 5 nitrogen and oxygen atoms in total. The third-order valence-corrected chi connectivity index (χ3v) is 6.10. The van der Waals surface area contributed by atoms with Crippen molar-refractivity contribution in [1.29, 1.82) is 0 Å². The molecule has 0 fully saturated rings. The summed E-state index contributed by atoms with van der Waals surface area (Å²) in [6, 6.07) is 9.91. The van der Waals surface area contributed by atoms with Gasteiger partial charge in [-0.1, -0.05) is 13.0 Å². The molecule has 0 aliphatic heterocycles. The van der Waals surface area contributed by atoms with E-state index in [0.717, 1.165) is 6.07 Å². The van der Waals surface area contributed by atoms with Gasteiger partial charge in [-0.2, -0.15) is 0 Å². The minimum Gasteiger partial charge on any atom is -0.280 e. The second-order valence-corrected chi connectivity index (χ2v) is 8.45. The molecule has 1 N–H and O–H groups in total. The van der Waals surface area contributed by atoms with Crippen LogP contribution >= 0.6 is 0 Å². The van der Waals surface area contributed by atoms with Gasteiger partial charge < -0.3 is 0 Å². The number of nitrogens with one attached hydrogen (secondary N) is 1. The summed E-state index contributed by atoms with van der Waals surface area (Å²) >= 11 is 0. The van der Waals surface area contributed by atoms with E-state index >= 15 is 0 Å². The highest BCUT2D eigenvalue weighted by molar-refractivity contribution is 7.92. The zero-order valence-corrected chi connectivity index (χ0v) is 13.3. The van der Waals surface area contributed by atoms with E-state index < -0.39 is 25.7 Å². The monoisotopic (exact) mass is 343 g/mol. The molecule has 2 aromatic carbocycles. The Morgan fingerprint density at radius 1 is 0.955 bits per heavy atom. The van der Waals surface area contributed by atoms with Crippen LogP contribution in [0.1, 0.15) is 6.92 Å². The molecular formula is C14H14FNO4S2. The molecule has 0 spiro atoms. The molecule has 0 aliphatic rings. The van der Waals surface area contributed by atoms with Gasteiger partial charge in [0.15, 0.2) is 9.84 Å². The molecule has 0 aromatic heterocycles. The van der Waals surface area contributed by atoms with E-state index in [2.05, 4.69) is 4.72 Å². The van der Waals surface area contributed by atoms with Gasteiger partial charge in [-0.3, -0.25) is 4.72 Å². The third kappa shape index (κ3) is 3.63. The van der Waals surface area contributed by atoms with E-state index in [4.69, 9.17) is 0 Å². The van der Waals surface area contributed by atoms with Crippen molar-refractivity contribution >= 4 is 25.5 Å². The fourth-order valence-corrected chi connectivity index (χ4v) is 3.69. The predicted octanol–water partition coefficient (Wildman–Crippen LogP) is 2.42. The van der Waals surface area contributed by atoms with Crippen molar-refractivity contribution in [2.45, 2.75) is 16.7 Å². The fraction of sp³-hybridized carbons (Fsp3) is 0.143. The lowest BCUT2D eigenvalue weighted by atomic mass is 10.3. The highest BCUT2D eigenvalue weighted by Gasteiger charge is 2.17. The van der Waals surface area contributed by atoms with Crippen LogP contribution in [0.15, 0.2) is 58.3 Å². The molecule has 0 atom stereocenters. The van der Waals surface area contributed by atoms with Crippen LogP contribution in [0.25, 0.3) is 0 Å². The van der Waals surface area contributed by atoms with E-state index in [1.165, 1.54) is 49.4 Å². The summed E-state index contributed by atoms with van der Waals surface area (Å²) in [4.78, 5) is -0.0495. The smallest absolute Gasteiger partial charge is 0.261 e. The molecule has 0 amide bonds. The zero-order chi connectivity index (χ0) is 16.4. The van der Waals surface area contributed by atoms with Crippen LogP contribution in [0.2, 0.25) is 0 Å². The van der Waals surface area contributed by atoms with Crippen molar-refractivity contribution in [3.8, 4) is 0 Å². The lowest BCUT2D eigenvalue weighted by Crippen LogP contribution is -2.13. The van der Waals surface area contributed by atoms with Gasteiger partial charge in [0.2, 0.25) is 0 Å². The summed E-state index contributed by atoms with van der Waals surface area (Å²) in [5.74, 6) is -0.634. The van der Waals surface area contributed by atoms with Gasteiger partial charge in [0, 0.05) is 0 Å². The molecule has 8 heteroatoms. The average molecular weight is 343 g/mol. The number of sulfonamides is 1. The Hall–Kier alpha value is -1.93. The molecule has 0 bridgehead atoms. The number of anilines is 1. The molecule has 0 saturated heterocycles. The highest BCUT2D eigenvalue weighted by atomic mass is 32.2. The van der Waals surface area contributed by atoms with Crippen LogP contribution in [0, 0.1) is 5.82 Å².